The summed E-state index contributed by atoms with van der Waals surface area (Å²) < 4.78 is 51.1. The van der Waals surface area contributed by atoms with Gasteiger partial charge in [-0.05, 0) is 42.2 Å². The molecule has 1 N–H and O–H groups in total. The van der Waals surface area contributed by atoms with Gasteiger partial charge in [0.05, 0.1) is 36.3 Å². The van der Waals surface area contributed by atoms with Crippen LogP contribution in [0.2, 0.25) is 0 Å². The zero-order valence-corrected chi connectivity index (χ0v) is 17.5. The number of carbonyl (C=O) groups excluding carboxylic acids is 1. The Hall–Kier alpha value is -3.74. The van der Waals surface area contributed by atoms with Gasteiger partial charge in [0.1, 0.15) is 23.2 Å². The van der Waals surface area contributed by atoms with E-state index >= 15 is 0 Å². The van der Waals surface area contributed by atoms with Gasteiger partial charge in [-0.25, -0.2) is 8.91 Å². The number of aromatic nitrogens is 2. The van der Waals surface area contributed by atoms with Crippen molar-refractivity contribution in [1.29, 1.82) is 5.26 Å². The predicted molar refractivity (Wildman–Crippen MR) is 111 cm³/mol. The van der Waals surface area contributed by atoms with Crippen LogP contribution in [0.1, 0.15) is 35.2 Å². The molecular formula is C23H19F3N4O3. The van der Waals surface area contributed by atoms with Crippen molar-refractivity contribution in [3.8, 4) is 28.7 Å². The van der Waals surface area contributed by atoms with Gasteiger partial charge in [-0.3, -0.25) is 4.79 Å². The maximum Gasteiger partial charge on any atom is 0.387 e. The fraction of sp³-hybridized carbons (Fsp3) is 0.348. The predicted octanol–water partition coefficient (Wildman–Crippen LogP) is 4.01. The number of amides is 1. The van der Waals surface area contributed by atoms with E-state index in [1.165, 1.54) is 19.2 Å². The van der Waals surface area contributed by atoms with E-state index in [1.807, 2.05) is 12.1 Å². The summed E-state index contributed by atoms with van der Waals surface area (Å²) in [5, 5.41) is 16.3. The Kier molecular flexibility index (Phi) is 4.92. The Labute approximate surface area is 186 Å². The zero-order valence-electron chi connectivity index (χ0n) is 17.5. The number of carbonyl (C=O) groups is 1. The Morgan fingerprint density at radius 3 is 2.67 bits per heavy atom. The van der Waals surface area contributed by atoms with Crippen LogP contribution in [-0.2, 0) is 5.41 Å². The standard InChI is InChI=1S/C23H19F3N4O3/c1-32-18-6-12(7-19(33-22(25)26)20(18)21(31)29-16-8-15(16)24)14-9-28-30-10-13(2-3-17(14)30)23(11-27)4-5-23/h2-3,6-7,9-10,15-16,22H,4-5,8H2,1H3,(H,29,31)/t15-,16+/m0/s1. The van der Waals surface area contributed by atoms with Crippen LogP contribution in [-0.4, -0.2) is 41.5 Å². The largest absolute Gasteiger partial charge is 0.496 e. The molecule has 1 amide bonds. The number of halogens is 3. The van der Waals surface area contributed by atoms with Crippen LogP contribution in [0.3, 0.4) is 0 Å². The van der Waals surface area contributed by atoms with E-state index in [1.54, 1.807) is 16.9 Å². The van der Waals surface area contributed by atoms with Gasteiger partial charge in [0.25, 0.3) is 5.91 Å². The molecule has 1 aromatic carbocycles. The lowest BCUT2D eigenvalue weighted by Crippen LogP contribution is -2.28. The van der Waals surface area contributed by atoms with Crippen LogP contribution >= 0.6 is 0 Å². The number of benzene rings is 1. The van der Waals surface area contributed by atoms with Crippen LogP contribution in [0.15, 0.2) is 36.7 Å². The molecule has 2 fully saturated rings. The molecule has 2 atom stereocenters. The van der Waals surface area contributed by atoms with E-state index in [0.717, 1.165) is 18.4 Å². The van der Waals surface area contributed by atoms with E-state index in [-0.39, 0.29) is 23.5 Å². The zero-order chi connectivity index (χ0) is 23.3. The highest BCUT2D eigenvalue weighted by Gasteiger charge is 2.45. The van der Waals surface area contributed by atoms with Crippen molar-refractivity contribution in [2.75, 3.05) is 7.11 Å². The molecule has 10 heteroatoms. The van der Waals surface area contributed by atoms with Crippen molar-refractivity contribution in [3.63, 3.8) is 0 Å². The summed E-state index contributed by atoms with van der Waals surface area (Å²) in [6.07, 6.45) is 3.95. The SMILES string of the molecule is COc1cc(-c2cnn3cc(C4(C#N)CC4)ccc23)cc(OC(F)F)c1C(=O)N[C@@H]1C[C@@H]1F. The first-order chi connectivity index (χ1) is 15.8. The molecule has 170 valence electrons. The average Bonchev–Trinajstić information content (AvgIpc) is 3.69. The van der Waals surface area contributed by atoms with E-state index < -0.39 is 30.1 Å². The average molecular weight is 456 g/mol. The second-order valence-corrected chi connectivity index (χ2v) is 8.26. The lowest BCUT2D eigenvalue weighted by Gasteiger charge is -2.16. The number of hydrogen-bond donors (Lipinski definition) is 1. The van der Waals surface area contributed by atoms with Gasteiger partial charge in [-0.15, -0.1) is 0 Å². The lowest BCUT2D eigenvalue weighted by atomic mass is 9.98. The first kappa shape index (κ1) is 21.1. The summed E-state index contributed by atoms with van der Waals surface area (Å²) >= 11 is 0. The first-order valence-corrected chi connectivity index (χ1v) is 10.4. The minimum absolute atomic E-state index is 0.00842. The van der Waals surface area contributed by atoms with Gasteiger partial charge in [-0.2, -0.15) is 19.1 Å². The fourth-order valence-corrected chi connectivity index (χ4v) is 3.95. The topological polar surface area (TPSA) is 88.7 Å². The number of hydrogen-bond acceptors (Lipinski definition) is 5. The number of ether oxygens (including phenoxy) is 2. The molecule has 2 aliphatic carbocycles. The summed E-state index contributed by atoms with van der Waals surface area (Å²) in [6.45, 7) is -3.18. The van der Waals surface area contributed by atoms with Crippen molar-refractivity contribution >= 4 is 11.4 Å². The Morgan fingerprint density at radius 2 is 2.06 bits per heavy atom. The smallest absolute Gasteiger partial charge is 0.387 e. The second-order valence-electron chi connectivity index (χ2n) is 8.26. The molecule has 0 radical (unpaired) electrons. The van der Waals surface area contributed by atoms with Crippen molar-refractivity contribution in [2.45, 2.75) is 43.5 Å². The summed E-state index contributed by atoms with van der Waals surface area (Å²) in [5.74, 6) is -1.13. The van der Waals surface area contributed by atoms with E-state index in [2.05, 4.69) is 21.2 Å². The van der Waals surface area contributed by atoms with Gasteiger partial charge < -0.3 is 14.8 Å². The van der Waals surface area contributed by atoms with Crippen molar-refractivity contribution in [2.24, 2.45) is 0 Å². The molecule has 0 unspecified atom stereocenters. The van der Waals surface area contributed by atoms with Crippen LogP contribution < -0.4 is 14.8 Å². The monoisotopic (exact) mass is 456 g/mol. The van der Waals surface area contributed by atoms with E-state index in [9.17, 15) is 23.2 Å². The molecule has 5 rings (SSSR count). The highest BCUT2D eigenvalue weighted by atomic mass is 19.3. The molecule has 7 nitrogen and oxygen atoms in total. The van der Waals surface area contributed by atoms with Crippen molar-refractivity contribution < 1.29 is 27.4 Å². The van der Waals surface area contributed by atoms with Gasteiger partial charge in [0.15, 0.2) is 0 Å². The molecule has 0 saturated heterocycles. The van der Waals surface area contributed by atoms with Gasteiger partial charge >= 0.3 is 6.61 Å². The highest BCUT2D eigenvalue weighted by Crippen LogP contribution is 2.47. The van der Waals surface area contributed by atoms with Crippen LogP contribution in [0.25, 0.3) is 16.6 Å². The number of fused-ring (bicyclic) bond motifs is 1. The minimum atomic E-state index is -3.18. The van der Waals surface area contributed by atoms with E-state index in [0.29, 0.717) is 16.6 Å². The molecular weight excluding hydrogens is 437 g/mol. The Balaban J connectivity index is 1.57. The fourth-order valence-electron chi connectivity index (χ4n) is 3.95. The maximum absolute atomic E-state index is 13.2. The Morgan fingerprint density at radius 1 is 1.33 bits per heavy atom. The third-order valence-electron chi connectivity index (χ3n) is 6.10. The number of nitrogens with zero attached hydrogens (tertiary/aromatic N) is 3. The quantitative estimate of drug-likeness (QED) is 0.581. The number of nitrogens with one attached hydrogen (secondary N) is 1. The molecule has 2 heterocycles. The Bertz CT molecular complexity index is 1300. The van der Waals surface area contributed by atoms with Gasteiger partial charge in [0.2, 0.25) is 0 Å². The molecule has 0 aliphatic heterocycles. The number of rotatable bonds is 7. The molecule has 2 aliphatic rings. The second kappa shape index (κ2) is 7.69. The third kappa shape index (κ3) is 3.73. The summed E-state index contributed by atoms with van der Waals surface area (Å²) in [4.78, 5) is 12.7. The van der Waals surface area contributed by atoms with Crippen molar-refractivity contribution in [1.82, 2.24) is 14.9 Å². The number of methoxy groups -OCH3 is 1. The number of pyridine rings is 1. The first-order valence-electron chi connectivity index (χ1n) is 10.4. The van der Waals surface area contributed by atoms with Crippen molar-refractivity contribution in [3.05, 3.63) is 47.8 Å². The number of nitriles is 1. The normalized spacial score (nSPS) is 20.4. The molecule has 3 aromatic rings. The molecule has 0 bridgehead atoms. The van der Waals surface area contributed by atoms with Gasteiger partial charge in [-0.1, -0.05) is 6.07 Å². The summed E-state index contributed by atoms with van der Waals surface area (Å²) in [7, 11) is 1.30. The highest BCUT2D eigenvalue weighted by molar-refractivity contribution is 6.01. The lowest BCUT2D eigenvalue weighted by molar-refractivity contribution is -0.0502. The summed E-state index contributed by atoms with van der Waals surface area (Å²) in [6, 6.07) is 8.19. The molecule has 2 saturated carbocycles. The van der Waals surface area contributed by atoms with Gasteiger partial charge in [0, 0.05) is 18.2 Å². The summed E-state index contributed by atoms with van der Waals surface area (Å²) in [5.41, 5.74) is 1.87. The maximum atomic E-state index is 13.2. The molecule has 33 heavy (non-hydrogen) atoms. The minimum Gasteiger partial charge on any atom is -0.496 e. The molecule has 2 aromatic heterocycles. The van der Waals surface area contributed by atoms with Crippen LogP contribution in [0.5, 0.6) is 11.5 Å². The number of alkyl halides is 3. The molecule has 0 spiro atoms. The van der Waals surface area contributed by atoms with Crippen LogP contribution in [0, 0.1) is 11.3 Å². The van der Waals surface area contributed by atoms with Crippen LogP contribution in [0.4, 0.5) is 13.2 Å². The van der Waals surface area contributed by atoms with E-state index in [4.69, 9.17) is 4.74 Å². The third-order valence-corrected chi connectivity index (χ3v) is 6.10.